The van der Waals surface area contributed by atoms with E-state index in [4.69, 9.17) is 11.6 Å². The molecular formula is C13H12BrClS. The van der Waals surface area contributed by atoms with E-state index >= 15 is 0 Å². The Labute approximate surface area is 113 Å². The molecule has 0 aliphatic heterocycles. The fourth-order valence-corrected chi connectivity index (χ4v) is 3.71. The predicted molar refractivity (Wildman–Crippen MR) is 75.9 cm³/mol. The second-order valence-corrected chi connectivity index (χ2v) is 6.24. The van der Waals surface area contributed by atoms with Gasteiger partial charge < -0.3 is 0 Å². The highest BCUT2D eigenvalue weighted by Crippen LogP contribution is 2.34. The predicted octanol–water partition coefficient (Wildman–Crippen LogP) is 5.39. The van der Waals surface area contributed by atoms with Gasteiger partial charge in [0.2, 0.25) is 0 Å². The highest BCUT2D eigenvalue weighted by atomic mass is 79.9. The van der Waals surface area contributed by atoms with E-state index in [-0.39, 0.29) is 0 Å². The molecule has 1 heterocycles. The first-order chi connectivity index (χ1) is 7.68. The SMILES string of the molecule is Cc1cccc(C(Br)Cc2cccs2)c1Cl. The van der Waals surface area contributed by atoms with Gasteiger partial charge in [0.05, 0.1) is 0 Å². The van der Waals surface area contributed by atoms with E-state index in [2.05, 4.69) is 45.6 Å². The van der Waals surface area contributed by atoms with Crippen molar-refractivity contribution in [2.45, 2.75) is 18.2 Å². The molecule has 84 valence electrons. The minimum Gasteiger partial charge on any atom is -0.149 e. The van der Waals surface area contributed by atoms with Crippen LogP contribution in [0.4, 0.5) is 0 Å². The van der Waals surface area contributed by atoms with Gasteiger partial charge in [0.15, 0.2) is 0 Å². The van der Waals surface area contributed by atoms with Crippen LogP contribution in [0.1, 0.15) is 20.8 Å². The van der Waals surface area contributed by atoms with Crippen molar-refractivity contribution in [1.82, 2.24) is 0 Å². The van der Waals surface area contributed by atoms with Crippen molar-refractivity contribution in [2.24, 2.45) is 0 Å². The first-order valence-corrected chi connectivity index (χ1v) is 7.27. The van der Waals surface area contributed by atoms with Crippen LogP contribution in [0.2, 0.25) is 5.02 Å². The third-order valence-electron chi connectivity index (χ3n) is 2.52. The molecule has 0 saturated carbocycles. The molecule has 0 fully saturated rings. The normalized spacial score (nSPS) is 12.7. The number of hydrogen-bond donors (Lipinski definition) is 0. The van der Waals surface area contributed by atoms with Crippen molar-refractivity contribution in [2.75, 3.05) is 0 Å². The van der Waals surface area contributed by atoms with Crippen LogP contribution in [0.5, 0.6) is 0 Å². The molecule has 3 heteroatoms. The van der Waals surface area contributed by atoms with Gasteiger partial charge >= 0.3 is 0 Å². The fourth-order valence-electron chi connectivity index (χ4n) is 1.63. The van der Waals surface area contributed by atoms with Crippen molar-refractivity contribution in [1.29, 1.82) is 0 Å². The van der Waals surface area contributed by atoms with Crippen LogP contribution < -0.4 is 0 Å². The van der Waals surface area contributed by atoms with Crippen LogP contribution in [0.3, 0.4) is 0 Å². The van der Waals surface area contributed by atoms with Gasteiger partial charge in [-0.1, -0.05) is 51.8 Å². The number of halogens is 2. The molecule has 0 aliphatic carbocycles. The molecule has 2 aromatic rings. The average Bonchev–Trinajstić information content (AvgIpc) is 2.74. The molecule has 0 aliphatic rings. The maximum atomic E-state index is 6.30. The summed E-state index contributed by atoms with van der Waals surface area (Å²) in [5.41, 5.74) is 2.31. The van der Waals surface area contributed by atoms with E-state index in [1.807, 2.05) is 13.0 Å². The largest absolute Gasteiger partial charge is 0.149 e. The third kappa shape index (κ3) is 2.68. The molecule has 0 bridgehead atoms. The summed E-state index contributed by atoms with van der Waals surface area (Å²) in [6.07, 6.45) is 0.987. The summed E-state index contributed by atoms with van der Waals surface area (Å²) in [5.74, 6) is 0. The Morgan fingerprint density at radius 3 is 2.81 bits per heavy atom. The zero-order valence-electron chi connectivity index (χ0n) is 8.91. The summed E-state index contributed by atoms with van der Waals surface area (Å²) < 4.78 is 0. The zero-order valence-corrected chi connectivity index (χ0v) is 12.1. The van der Waals surface area contributed by atoms with Crippen molar-refractivity contribution < 1.29 is 0 Å². The Morgan fingerprint density at radius 1 is 1.31 bits per heavy atom. The summed E-state index contributed by atoms with van der Waals surface area (Å²) >= 11 is 11.8. The van der Waals surface area contributed by atoms with Crippen LogP contribution in [0.15, 0.2) is 35.7 Å². The first kappa shape index (κ1) is 12.2. The second-order valence-electron chi connectivity index (χ2n) is 3.73. The quantitative estimate of drug-likeness (QED) is 0.666. The minimum absolute atomic E-state index is 0.290. The molecule has 16 heavy (non-hydrogen) atoms. The van der Waals surface area contributed by atoms with Crippen molar-refractivity contribution in [3.05, 3.63) is 56.7 Å². The van der Waals surface area contributed by atoms with E-state index in [1.165, 1.54) is 10.4 Å². The zero-order chi connectivity index (χ0) is 11.5. The highest BCUT2D eigenvalue weighted by molar-refractivity contribution is 9.09. The van der Waals surface area contributed by atoms with E-state index in [1.54, 1.807) is 11.3 Å². The van der Waals surface area contributed by atoms with Gasteiger partial charge in [-0.05, 0) is 35.9 Å². The lowest BCUT2D eigenvalue weighted by Crippen LogP contribution is -1.95. The van der Waals surface area contributed by atoms with Crippen LogP contribution in [-0.2, 0) is 6.42 Å². The minimum atomic E-state index is 0.290. The summed E-state index contributed by atoms with van der Waals surface area (Å²) in [4.78, 5) is 1.66. The number of benzene rings is 1. The number of aryl methyl sites for hydroxylation is 1. The van der Waals surface area contributed by atoms with Gasteiger partial charge in [-0.3, -0.25) is 0 Å². The standard InChI is InChI=1S/C13H12BrClS/c1-9-4-2-6-11(13(9)15)12(14)8-10-5-3-7-16-10/h2-7,12H,8H2,1H3. The van der Waals surface area contributed by atoms with E-state index < -0.39 is 0 Å². The van der Waals surface area contributed by atoms with Crippen molar-refractivity contribution in [3.63, 3.8) is 0 Å². The summed E-state index contributed by atoms with van der Waals surface area (Å²) in [6, 6.07) is 10.4. The lowest BCUT2D eigenvalue weighted by molar-refractivity contribution is 0.966. The molecule has 2 rings (SSSR count). The van der Waals surface area contributed by atoms with Gasteiger partial charge in [-0.2, -0.15) is 0 Å². The molecule has 0 N–H and O–H groups in total. The van der Waals surface area contributed by atoms with Crippen LogP contribution in [0.25, 0.3) is 0 Å². The Kier molecular flexibility index (Phi) is 4.06. The molecular weight excluding hydrogens is 304 g/mol. The molecule has 0 spiro atoms. The Morgan fingerprint density at radius 2 is 2.12 bits per heavy atom. The molecule has 0 saturated heterocycles. The Bertz CT molecular complexity index is 465. The molecule has 1 atom stereocenters. The average molecular weight is 316 g/mol. The summed E-state index contributed by atoms with van der Waals surface area (Å²) in [6.45, 7) is 2.04. The van der Waals surface area contributed by atoms with Crippen LogP contribution in [0, 0.1) is 6.92 Å². The monoisotopic (exact) mass is 314 g/mol. The molecule has 1 unspecified atom stereocenters. The van der Waals surface area contributed by atoms with E-state index in [9.17, 15) is 0 Å². The van der Waals surface area contributed by atoms with E-state index in [0.717, 1.165) is 17.0 Å². The fraction of sp³-hybridized carbons (Fsp3) is 0.231. The van der Waals surface area contributed by atoms with Crippen molar-refractivity contribution >= 4 is 38.9 Å². The lowest BCUT2D eigenvalue weighted by atomic mass is 10.1. The van der Waals surface area contributed by atoms with Gasteiger partial charge in [-0.25, -0.2) is 0 Å². The maximum absolute atomic E-state index is 6.30. The number of thiophene rings is 1. The Hall–Kier alpha value is -0.310. The molecule has 0 nitrogen and oxygen atoms in total. The smallest absolute Gasteiger partial charge is 0.0478 e. The van der Waals surface area contributed by atoms with Gasteiger partial charge in [-0.15, -0.1) is 11.3 Å². The molecule has 1 aromatic heterocycles. The van der Waals surface area contributed by atoms with Gasteiger partial charge in [0.25, 0.3) is 0 Å². The number of rotatable bonds is 3. The van der Waals surface area contributed by atoms with Gasteiger partial charge in [0.1, 0.15) is 0 Å². The van der Waals surface area contributed by atoms with Crippen molar-refractivity contribution in [3.8, 4) is 0 Å². The third-order valence-corrected chi connectivity index (χ3v) is 4.75. The molecule has 0 amide bonds. The second kappa shape index (κ2) is 5.35. The van der Waals surface area contributed by atoms with E-state index in [0.29, 0.717) is 4.83 Å². The molecule has 1 aromatic carbocycles. The van der Waals surface area contributed by atoms with Gasteiger partial charge in [0, 0.05) is 14.7 Å². The number of hydrogen-bond acceptors (Lipinski definition) is 1. The topological polar surface area (TPSA) is 0 Å². The molecule has 0 radical (unpaired) electrons. The number of alkyl halides is 1. The summed E-state index contributed by atoms with van der Waals surface area (Å²) in [7, 11) is 0. The lowest BCUT2D eigenvalue weighted by Gasteiger charge is -2.12. The maximum Gasteiger partial charge on any atom is 0.0478 e. The van der Waals surface area contributed by atoms with Crippen LogP contribution >= 0.6 is 38.9 Å². The van der Waals surface area contributed by atoms with Crippen LogP contribution in [-0.4, -0.2) is 0 Å². The highest BCUT2D eigenvalue weighted by Gasteiger charge is 2.13. The first-order valence-electron chi connectivity index (χ1n) is 5.10. The Balaban J connectivity index is 2.21. The summed E-state index contributed by atoms with van der Waals surface area (Å²) in [5, 5.41) is 2.98.